The summed E-state index contributed by atoms with van der Waals surface area (Å²) in [6, 6.07) is 18.2. The smallest absolute Gasteiger partial charge is 0.338 e. The first-order valence-corrected chi connectivity index (χ1v) is 14.0. The SMILES string of the molecule is CCOC(=O)C1=C(c2ccccc2)N=C2SC=C(CC(=O)NCc3ccncc3)N2[C@@H]1c1ccc(OC)c(OC)c1. The Labute approximate surface area is 242 Å². The van der Waals surface area contributed by atoms with Gasteiger partial charge in [-0.1, -0.05) is 48.2 Å². The molecule has 9 nitrogen and oxygen atoms in total. The zero-order valence-corrected chi connectivity index (χ0v) is 23.8. The van der Waals surface area contributed by atoms with Crippen LogP contribution < -0.4 is 14.8 Å². The topological polar surface area (TPSA) is 102 Å². The molecule has 0 radical (unpaired) electrons. The van der Waals surface area contributed by atoms with E-state index in [1.165, 1.54) is 11.8 Å². The molecule has 1 atom stereocenters. The number of esters is 1. The molecule has 1 aromatic heterocycles. The van der Waals surface area contributed by atoms with Gasteiger partial charge in [-0.05, 0) is 47.7 Å². The number of fused-ring (bicyclic) bond motifs is 1. The summed E-state index contributed by atoms with van der Waals surface area (Å²) >= 11 is 1.42. The number of amides is 1. The highest BCUT2D eigenvalue weighted by atomic mass is 32.2. The van der Waals surface area contributed by atoms with Crippen LogP contribution >= 0.6 is 11.8 Å². The van der Waals surface area contributed by atoms with E-state index in [0.29, 0.717) is 34.5 Å². The third-order valence-corrected chi connectivity index (χ3v) is 7.55. The molecule has 1 N–H and O–H groups in total. The van der Waals surface area contributed by atoms with Gasteiger partial charge in [0.2, 0.25) is 5.91 Å². The van der Waals surface area contributed by atoms with Crippen molar-refractivity contribution in [2.45, 2.75) is 25.9 Å². The predicted molar refractivity (Wildman–Crippen MR) is 158 cm³/mol. The first-order chi connectivity index (χ1) is 20.0. The van der Waals surface area contributed by atoms with E-state index in [2.05, 4.69) is 10.3 Å². The molecular weight excluding hydrogens is 540 g/mol. The molecule has 210 valence electrons. The maximum atomic E-state index is 13.7. The number of methoxy groups -OCH3 is 2. The molecule has 0 aliphatic carbocycles. The number of ether oxygens (including phenoxy) is 3. The summed E-state index contributed by atoms with van der Waals surface area (Å²) in [6.45, 7) is 2.36. The molecule has 2 aliphatic heterocycles. The second-order valence-corrected chi connectivity index (χ2v) is 10.0. The molecule has 0 saturated heterocycles. The van der Waals surface area contributed by atoms with Crippen LogP contribution in [-0.2, 0) is 20.9 Å². The molecule has 0 saturated carbocycles. The number of benzene rings is 2. The third-order valence-electron chi connectivity index (χ3n) is 6.66. The molecule has 3 heterocycles. The van der Waals surface area contributed by atoms with Crippen molar-refractivity contribution in [2.24, 2.45) is 4.99 Å². The minimum Gasteiger partial charge on any atom is -0.493 e. The van der Waals surface area contributed by atoms with E-state index in [0.717, 1.165) is 22.4 Å². The van der Waals surface area contributed by atoms with Gasteiger partial charge in [-0.3, -0.25) is 9.78 Å². The van der Waals surface area contributed by atoms with Crippen LogP contribution in [0.2, 0.25) is 0 Å². The molecule has 0 spiro atoms. The summed E-state index contributed by atoms with van der Waals surface area (Å²) < 4.78 is 16.7. The summed E-state index contributed by atoms with van der Waals surface area (Å²) in [5, 5.41) is 5.55. The van der Waals surface area contributed by atoms with Gasteiger partial charge in [-0.15, -0.1) is 0 Å². The molecule has 0 fully saturated rings. The number of hydrogen-bond acceptors (Lipinski definition) is 9. The maximum absolute atomic E-state index is 13.7. The maximum Gasteiger partial charge on any atom is 0.338 e. The average Bonchev–Trinajstić information content (AvgIpc) is 3.41. The molecule has 41 heavy (non-hydrogen) atoms. The average molecular weight is 571 g/mol. The molecule has 1 amide bonds. The van der Waals surface area contributed by atoms with Crippen molar-refractivity contribution < 1.29 is 23.8 Å². The number of rotatable bonds is 10. The highest BCUT2D eigenvalue weighted by Crippen LogP contribution is 2.48. The molecule has 0 unspecified atom stereocenters. The minimum absolute atomic E-state index is 0.0949. The minimum atomic E-state index is -0.634. The van der Waals surface area contributed by atoms with Crippen molar-refractivity contribution in [3.05, 3.63) is 106 Å². The molecule has 2 aliphatic rings. The number of carbonyl (C=O) groups excluding carboxylic acids is 2. The highest BCUT2D eigenvalue weighted by molar-refractivity contribution is 8.16. The van der Waals surface area contributed by atoms with Gasteiger partial charge in [0.1, 0.15) is 0 Å². The van der Waals surface area contributed by atoms with Crippen LogP contribution in [0.1, 0.15) is 36.1 Å². The Morgan fingerprint density at radius 1 is 1.00 bits per heavy atom. The Balaban J connectivity index is 1.57. The van der Waals surface area contributed by atoms with Crippen molar-refractivity contribution >= 4 is 34.5 Å². The Morgan fingerprint density at radius 3 is 2.46 bits per heavy atom. The number of thioether (sulfide) groups is 1. The van der Waals surface area contributed by atoms with Gasteiger partial charge in [0, 0.05) is 30.2 Å². The predicted octanol–water partition coefficient (Wildman–Crippen LogP) is 5.08. The van der Waals surface area contributed by atoms with Crippen molar-refractivity contribution in [1.29, 1.82) is 0 Å². The number of nitrogens with zero attached hydrogens (tertiary/aromatic N) is 3. The summed E-state index contributed by atoms with van der Waals surface area (Å²) in [5.41, 5.74) is 4.12. The molecule has 10 heteroatoms. The van der Waals surface area contributed by atoms with Crippen LogP contribution in [0.4, 0.5) is 0 Å². The van der Waals surface area contributed by atoms with Gasteiger partial charge in [0.15, 0.2) is 16.7 Å². The van der Waals surface area contributed by atoms with Gasteiger partial charge in [-0.2, -0.15) is 0 Å². The molecule has 3 aromatic rings. The number of aromatic nitrogens is 1. The Kier molecular flexibility index (Phi) is 8.69. The van der Waals surface area contributed by atoms with Gasteiger partial charge < -0.3 is 24.4 Å². The van der Waals surface area contributed by atoms with E-state index >= 15 is 0 Å². The second-order valence-electron chi connectivity index (χ2n) is 9.17. The first-order valence-electron chi connectivity index (χ1n) is 13.1. The van der Waals surface area contributed by atoms with Crippen molar-refractivity contribution in [3.63, 3.8) is 0 Å². The standard InChI is InChI=1S/C31H30N4O5S/c1-4-40-30(37)27-28(21-8-6-5-7-9-21)34-31-35(29(27)22-10-11-24(38-2)25(16-22)39-3)23(19-41-31)17-26(36)33-18-20-12-14-32-15-13-20/h5-16,19,29H,4,17-18H2,1-3H3,(H,33,36)/t29-/m1/s1. The van der Waals surface area contributed by atoms with Crippen LogP contribution in [-0.4, -0.2) is 47.8 Å². The monoisotopic (exact) mass is 570 g/mol. The number of aliphatic imine (C=N–C) groups is 1. The fourth-order valence-corrected chi connectivity index (χ4v) is 5.67. The normalized spacial score (nSPS) is 16.0. The Hall–Kier alpha value is -4.57. The zero-order valence-electron chi connectivity index (χ0n) is 23.0. The summed E-state index contributed by atoms with van der Waals surface area (Å²) in [5.74, 6) is 0.447. The Bertz CT molecular complexity index is 1520. The number of hydrogen-bond donors (Lipinski definition) is 1. The lowest BCUT2D eigenvalue weighted by molar-refractivity contribution is -0.139. The highest BCUT2D eigenvalue weighted by Gasteiger charge is 2.42. The number of amidine groups is 1. The van der Waals surface area contributed by atoms with Crippen molar-refractivity contribution in [1.82, 2.24) is 15.2 Å². The van der Waals surface area contributed by atoms with Crippen LogP contribution in [0.25, 0.3) is 5.70 Å². The largest absolute Gasteiger partial charge is 0.493 e. The van der Waals surface area contributed by atoms with E-state index in [9.17, 15) is 9.59 Å². The fraction of sp³-hybridized carbons (Fsp3) is 0.226. The van der Waals surface area contributed by atoms with Crippen LogP contribution in [0.15, 0.2) is 94.7 Å². The molecule has 5 rings (SSSR count). The van der Waals surface area contributed by atoms with E-state index in [1.54, 1.807) is 39.6 Å². The zero-order chi connectivity index (χ0) is 28.8. The lowest BCUT2D eigenvalue weighted by atomic mass is 9.91. The van der Waals surface area contributed by atoms with Gasteiger partial charge in [0.25, 0.3) is 0 Å². The van der Waals surface area contributed by atoms with E-state index in [1.807, 2.05) is 64.9 Å². The van der Waals surface area contributed by atoms with Gasteiger partial charge in [0.05, 0.1) is 44.6 Å². The Morgan fingerprint density at radius 2 is 1.76 bits per heavy atom. The van der Waals surface area contributed by atoms with E-state index in [4.69, 9.17) is 19.2 Å². The van der Waals surface area contributed by atoms with Crippen LogP contribution in [0.3, 0.4) is 0 Å². The lowest BCUT2D eigenvalue weighted by Gasteiger charge is -2.37. The lowest BCUT2D eigenvalue weighted by Crippen LogP contribution is -2.38. The number of pyridine rings is 1. The van der Waals surface area contributed by atoms with Crippen LogP contribution in [0.5, 0.6) is 11.5 Å². The molecular formula is C31H30N4O5S. The van der Waals surface area contributed by atoms with E-state index < -0.39 is 12.0 Å². The number of nitrogens with one attached hydrogen (secondary N) is 1. The van der Waals surface area contributed by atoms with E-state index in [-0.39, 0.29) is 18.9 Å². The molecule has 0 bridgehead atoms. The second kappa shape index (κ2) is 12.7. The van der Waals surface area contributed by atoms with Crippen molar-refractivity contribution in [3.8, 4) is 11.5 Å². The summed E-state index contributed by atoms with van der Waals surface area (Å²) in [4.78, 5) is 37.7. The quantitative estimate of drug-likeness (QED) is 0.337. The van der Waals surface area contributed by atoms with Gasteiger partial charge >= 0.3 is 5.97 Å². The first kappa shape index (κ1) is 28.0. The van der Waals surface area contributed by atoms with Crippen LogP contribution in [0, 0.1) is 0 Å². The summed E-state index contributed by atoms with van der Waals surface area (Å²) in [6.07, 6.45) is 3.47. The van der Waals surface area contributed by atoms with Crippen molar-refractivity contribution in [2.75, 3.05) is 20.8 Å². The van der Waals surface area contributed by atoms with Gasteiger partial charge in [-0.25, -0.2) is 9.79 Å². The molecule has 2 aromatic carbocycles. The third kappa shape index (κ3) is 5.97. The fourth-order valence-electron chi connectivity index (χ4n) is 4.76. The number of carbonyl (C=O) groups is 2. The summed E-state index contributed by atoms with van der Waals surface area (Å²) in [7, 11) is 3.14.